The molecule has 0 radical (unpaired) electrons. The number of rotatable bonds is 1. The van der Waals surface area contributed by atoms with Gasteiger partial charge in [-0.05, 0) is 0 Å². The first kappa shape index (κ1) is 4.50. The van der Waals surface area contributed by atoms with Crippen molar-refractivity contribution in [2.75, 3.05) is 6.61 Å². The molecule has 1 heterocycles. The van der Waals surface area contributed by atoms with Crippen LogP contribution in [-0.4, -0.2) is 23.7 Å². The van der Waals surface area contributed by atoms with Crippen LogP contribution >= 0.6 is 0 Å². The van der Waals surface area contributed by atoms with Gasteiger partial charge in [-0.15, -0.1) is 0 Å². The lowest BCUT2D eigenvalue weighted by Crippen LogP contribution is -2.28. The second-order valence-electron chi connectivity index (χ2n) is 1.46. The first-order valence-corrected chi connectivity index (χ1v) is 2.22. The van der Waals surface area contributed by atoms with Crippen LogP contribution < -0.4 is 0 Å². The molecule has 0 aromatic carbocycles. The summed E-state index contributed by atoms with van der Waals surface area (Å²) in [5.41, 5.74) is 7.89. The molecule has 0 bridgehead atoms. The maximum absolute atomic E-state index is 7.89. The third kappa shape index (κ3) is 0.856. The maximum Gasteiger partial charge on any atom is 0.285 e. The van der Waals surface area contributed by atoms with Crippen molar-refractivity contribution in [1.29, 1.82) is 0 Å². The van der Waals surface area contributed by atoms with E-state index >= 15 is 0 Å². The molecule has 1 saturated heterocycles. The number of ether oxygens (including phenoxy) is 1. The van der Waals surface area contributed by atoms with Crippen molar-refractivity contribution in [1.82, 2.24) is 0 Å². The van der Waals surface area contributed by atoms with E-state index in [4.69, 9.17) is 10.3 Å². The number of hydrogen-bond donors (Lipinski definition) is 0. The second kappa shape index (κ2) is 1.87. The monoisotopic (exact) mass is 98.0 g/mol. The molecule has 0 saturated carbocycles. The fraction of sp³-hybridized carbons (Fsp3) is 0.750. The molecule has 3 nitrogen and oxygen atoms in total. The summed E-state index contributed by atoms with van der Waals surface area (Å²) in [6.45, 7) is 0.802. The van der Waals surface area contributed by atoms with E-state index in [0.717, 1.165) is 13.0 Å². The molecule has 1 aliphatic heterocycles. The van der Waals surface area contributed by atoms with E-state index in [1.807, 2.05) is 0 Å². The topological polar surface area (TPSA) is 45.6 Å². The van der Waals surface area contributed by atoms with Gasteiger partial charge in [-0.2, -0.15) is 4.79 Å². The largest absolute Gasteiger partial charge is 0.366 e. The second-order valence-corrected chi connectivity index (χ2v) is 1.46. The molecule has 0 aromatic rings. The molecule has 3 heteroatoms. The number of hydrogen-bond acceptors (Lipinski definition) is 1. The van der Waals surface area contributed by atoms with Gasteiger partial charge in [0.2, 0.25) is 0 Å². The Bertz CT molecular complexity index is 102. The first-order chi connectivity index (χ1) is 3.43. The van der Waals surface area contributed by atoms with Crippen LogP contribution in [0.4, 0.5) is 0 Å². The molecule has 1 atom stereocenters. The summed E-state index contributed by atoms with van der Waals surface area (Å²) in [5, 5.41) is 0. The van der Waals surface area contributed by atoms with Gasteiger partial charge in [0, 0.05) is 6.42 Å². The molecule has 1 rings (SSSR count). The van der Waals surface area contributed by atoms with Crippen LogP contribution in [-0.2, 0) is 4.74 Å². The van der Waals surface area contributed by atoms with Gasteiger partial charge in [0.1, 0.15) is 0 Å². The van der Waals surface area contributed by atoms with Crippen molar-refractivity contribution in [2.24, 2.45) is 0 Å². The molecule has 0 aromatic heterocycles. The van der Waals surface area contributed by atoms with E-state index in [-0.39, 0.29) is 6.10 Å². The minimum absolute atomic E-state index is 0.0880. The summed E-state index contributed by atoms with van der Waals surface area (Å²) in [6, 6.07) is 0. The average Bonchev–Trinajstić information content (AvgIpc) is 1.55. The third-order valence-corrected chi connectivity index (χ3v) is 0.967. The van der Waals surface area contributed by atoms with Gasteiger partial charge in [-0.3, -0.25) is 0 Å². The van der Waals surface area contributed by atoms with Crippen LogP contribution in [0, 0.1) is 0 Å². The molecule has 0 amide bonds. The van der Waals surface area contributed by atoms with Crippen LogP contribution in [0.15, 0.2) is 0 Å². The summed E-state index contributed by atoms with van der Waals surface area (Å²) in [6.07, 6.45) is 2.47. The zero-order valence-corrected chi connectivity index (χ0v) is 3.87. The van der Waals surface area contributed by atoms with Gasteiger partial charge in [0.25, 0.3) is 6.21 Å². The van der Waals surface area contributed by atoms with Crippen LogP contribution in [0.25, 0.3) is 5.53 Å². The van der Waals surface area contributed by atoms with Crippen molar-refractivity contribution in [3.8, 4) is 0 Å². The lowest BCUT2D eigenvalue weighted by atomic mass is 10.2. The van der Waals surface area contributed by atoms with E-state index in [1.54, 1.807) is 0 Å². The van der Waals surface area contributed by atoms with Crippen molar-refractivity contribution in [2.45, 2.75) is 12.5 Å². The Morgan fingerprint density at radius 1 is 1.86 bits per heavy atom. The predicted molar refractivity (Wildman–Crippen MR) is 24.0 cm³/mol. The Labute approximate surface area is 41.5 Å². The van der Waals surface area contributed by atoms with E-state index < -0.39 is 0 Å². The van der Waals surface area contributed by atoms with Gasteiger partial charge >= 0.3 is 0 Å². The van der Waals surface area contributed by atoms with E-state index in [1.165, 1.54) is 6.21 Å². The Hall–Kier alpha value is -0.660. The lowest BCUT2D eigenvalue weighted by molar-refractivity contribution is -0.0548. The minimum Gasteiger partial charge on any atom is -0.366 e. The van der Waals surface area contributed by atoms with E-state index in [0.29, 0.717) is 0 Å². The first-order valence-electron chi connectivity index (χ1n) is 2.22. The fourth-order valence-electron chi connectivity index (χ4n) is 0.446. The maximum atomic E-state index is 7.89. The normalized spacial score (nSPS) is 27.7. The fourth-order valence-corrected chi connectivity index (χ4v) is 0.446. The van der Waals surface area contributed by atoms with Gasteiger partial charge in [0.15, 0.2) is 6.10 Å². The molecule has 7 heavy (non-hydrogen) atoms. The summed E-state index contributed by atoms with van der Waals surface area (Å²) in [5.74, 6) is 0. The SMILES string of the molecule is [N-]=[N+]=CC1CCO1. The Balaban J connectivity index is 2.27. The highest BCUT2D eigenvalue weighted by atomic mass is 16.5. The Morgan fingerprint density at radius 3 is 2.71 bits per heavy atom. The standard InChI is InChI=1S/C4H6N2O/c5-6-3-4-1-2-7-4/h3-4H,1-2H2. The van der Waals surface area contributed by atoms with Crippen LogP contribution in [0.1, 0.15) is 6.42 Å². The van der Waals surface area contributed by atoms with E-state index in [2.05, 4.69) is 4.79 Å². The summed E-state index contributed by atoms with van der Waals surface area (Å²) in [7, 11) is 0. The molecular weight excluding hydrogens is 92.1 g/mol. The smallest absolute Gasteiger partial charge is 0.285 e. The zero-order chi connectivity index (χ0) is 5.11. The van der Waals surface area contributed by atoms with Crippen LogP contribution in [0.2, 0.25) is 0 Å². The summed E-state index contributed by atoms with van der Waals surface area (Å²) in [4.78, 5) is 2.81. The highest BCUT2D eigenvalue weighted by Crippen LogP contribution is 2.06. The average molecular weight is 98.1 g/mol. The molecule has 0 N–H and O–H groups in total. The molecule has 38 valence electrons. The van der Waals surface area contributed by atoms with Crippen molar-refractivity contribution in [3.05, 3.63) is 5.53 Å². The molecular formula is C4H6N2O. The highest BCUT2D eigenvalue weighted by molar-refractivity contribution is 5.57. The zero-order valence-electron chi connectivity index (χ0n) is 3.87. The summed E-state index contributed by atoms with van der Waals surface area (Å²) >= 11 is 0. The van der Waals surface area contributed by atoms with E-state index in [9.17, 15) is 0 Å². The molecule has 0 aliphatic carbocycles. The quantitative estimate of drug-likeness (QED) is 0.260. The molecule has 0 spiro atoms. The third-order valence-electron chi connectivity index (χ3n) is 0.967. The molecule has 1 aliphatic rings. The van der Waals surface area contributed by atoms with Gasteiger partial charge in [-0.25, -0.2) is 0 Å². The number of nitrogens with zero attached hydrogens (tertiary/aromatic N) is 2. The van der Waals surface area contributed by atoms with Crippen molar-refractivity contribution >= 4 is 6.21 Å². The van der Waals surface area contributed by atoms with Crippen molar-refractivity contribution < 1.29 is 9.53 Å². The predicted octanol–water partition coefficient (Wildman–Crippen LogP) is 0.0759. The molecule has 1 fully saturated rings. The Morgan fingerprint density at radius 2 is 2.57 bits per heavy atom. The van der Waals surface area contributed by atoms with Crippen LogP contribution in [0.3, 0.4) is 0 Å². The lowest BCUT2D eigenvalue weighted by Gasteiger charge is -2.17. The van der Waals surface area contributed by atoms with Gasteiger partial charge in [-0.1, -0.05) is 0 Å². The summed E-state index contributed by atoms with van der Waals surface area (Å²) < 4.78 is 4.86. The Kier molecular flexibility index (Phi) is 1.20. The van der Waals surface area contributed by atoms with Crippen molar-refractivity contribution in [3.63, 3.8) is 0 Å². The molecule has 1 unspecified atom stereocenters. The highest BCUT2D eigenvalue weighted by Gasteiger charge is 2.18. The minimum atomic E-state index is 0.0880. The van der Waals surface area contributed by atoms with Gasteiger partial charge in [0.05, 0.1) is 6.61 Å². The van der Waals surface area contributed by atoms with Crippen LogP contribution in [0.5, 0.6) is 0 Å². The van der Waals surface area contributed by atoms with Gasteiger partial charge < -0.3 is 10.3 Å².